The van der Waals surface area contributed by atoms with Crippen molar-refractivity contribution in [2.75, 3.05) is 13.2 Å². The molecule has 1 unspecified atom stereocenters. The molecule has 0 aliphatic carbocycles. The normalized spacial score (nSPS) is 13.9. The predicted octanol–water partition coefficient (Wildman–Crippen LogP) is 2.43. The molecule has 0 aromatic carbocycles. The average Bonchev–Trinajstić information content (AvgIpc) is 1.97. The van der Waals surface area contributed by atoms with Gasteiger partial charge < -0.3 is 9.47 Å². The van der Waals surface area contributed by atoms with E-state index in [1.807, 2.05) is 6.92 Å². The first kappa shape index (κ1) is 10.9. The van der Waals surface area contributed by atoms with E-state index in [1.165, 1.54) is 0 Å². The molecule has 68 valence electrons. The first-order valence-corrected chi connectivity index (χ1v) is 4.40. The fourth-order valence-electron chi connectivity index (χ4n) is 0.660. The van der Waals surface area contributed by atoms with Crippen LogP contribution in [-0.4, -0.2) is 19.5 Å². The highest BCUT2D eigenvalue weighted by atomic mass is 16.7. The lowest BCUT2D eigenvalue weighted by Gasteiger charge is -2.14. The van der Waals surface area contributed by atoms with E-state index in [-0.39, 0.29) is 6.29 Å². The Morgan fingerprint density at radius 3 is 2.18 bits per heavy atom. The SMILES string of the molecule is CCCOC(C)OCC(C)C. The Morgan fingerprint density at radius 1 is 1.09 bits per heavy atom. The average molecular weight is 160 g/mol. The van der Waals surface area contributed by atoms with E-state index in [2.05, 4.69) is 20.8 Å². The Balaban J connectivity index is 3.15. The Bertz CT molecular complexity index is 81.6. The minimum atomic E-state index is -0.0441. The van der Waals surface area contributed by atoms with Gasteiger partial charge in [-0.15, -0.1) is 0 Å². The summed E-state index contributed by atoms with van der Waals surface area (Å²) in [5.41, 5.74) is 0. The van der Waals surface area contributed by atoms with Crippen molar-refractivity contribution in [2.24, 2.45) is 5.92 Å². The van der Waals surface area contributed by atoms with Crippen LogP contribution in [0.2, 0.25) is 0 Å². The molecule has 0 N–H and O–H groups in total. The summed E-state index contributed by atoms with van der Waals surface area (Å²) in [4.78, 5) is 0. The van der Waals surface area contributed by atoms with E-state index < -0.39 is 0 Å². The van der Waals surface area contributed by atoms with Gasteiger partial charge in [-0.05, 0) is 19.3 Å². The largest absolute Gasteiger partial charge is 0.353 e. The molecule has 0 aromatic heterocycles. The number of ether oxygens (including phenoxy) is 2. The molecule has 0 radical (unpaired) electrons. The van der Waals surface area contributed by atoms with Crippen LogP contribution in [0.3, 0.4) is 0 Å². The van der Waals surface area contributed by atoms with E-state index in [0.717, 1.165) is 19.6 Å². The number of hydrogen-bond donors (Lipinski definition) is 0. The summed E-state index contributed by atoms with van der Waals surface area (Å²) in [6, 6.07) is 0. The molecule has 0 saturated carbocycles. The van der Waals surface area contributed by atoms with Crippen LogP contribution in [0.15, 0.2) is 0 Å². The zero-order valence-electron chi connectivity index (χ0n) is 8.09. The summed E-state index contributed by atoms with van der Waals surface area (Å²) >= 11 is 0. The highest BCUT2D eigenvalue weighted by Crippen LogP contribution is 1.99. The van der Waals surface area contributed by atoms with Crippen molar-refractivity contribution in [3.63, 3.8) is 0 Å². The van der Waals surface area contributed by atoms with Crippen molar-refractivity contribution in [1.29, 1.82) is 0 Å². The molecule has 1 atom stereocenters. The summed E-state index contributed by atoms with van der Waals surface area (Å²) in [6.07, 6.45) is 1.01. The van der Waals surface area contributed by atoms with Gasteiger partial charge >= 0.3 is 0 Å². The monoisotopic (exact) mass is 160 g/mol. The molecule has 0 aromatic rings. The van der Waals surface area contributed by atoms with Crippen LogP contribution in [0.5, 0.6) is 0 Å². The van der Waals surface area contributed by atoms with Gasteiger partial charge in [-0.3, -0.25) is 0 Å². The second-order valence-electron chi connectivity index (χ2n) is 3.17. The first-order valence-electron chi connectivity index (χ1n) is 4.40. The van der Waals surface area contributed by atoms with Crippen LogP contribution < -0.4 is 0 Å². The van der Waals surface area contributed by atoms with Crippen molar-refractivity contribution in [3.8, 4) is 0 Å². The van der Waals surface area contributed by atoms with Crippen molar-refractivity contribution in [3.05, 3.63) is 0 Å². The lowest BCUT2D eigenvalue weighted by atomic mass is 10.2. The molecule has 0 spiro atoms. The molecule has 0 aliphatic heterocycles. The molecular formula is C9H20O2. The maximum Gasteiger partial charge on any atom is 0.154 e. The van der Waals surface area contributed by atoms with Gasteiger partial charge in [0.15, 0.2) is 6.29 Å². The van der Waals surface area contributed by atoms with Gasteiger partial charge in [0.2, 0.25) is 0 Å². The van der Waals surface area contributed by atoms with Crippen molar-refractivity contribution >= 4 is 0 Å². The van der Waals surface area contributed by atoms with Crippen molar-refractivity contribution in [2.45, 2.75) is 40.4 Å². The second kappa shape index (κ2) is 6.62. The van der Waals surface area contributed by atoms with E-state index in [9.17, 15) is 0 Å². The topological polar surface area (TPSA) is 18.5 Å². The summed E-state index contributed by atoms with van der Waals surface area (Å²) in [5.74, 6) is 0.586. The third-order valence-corrected chi connectivity index (χ3v) is 1.22. The van der Waals surface area contributed by atoms with Crippen LogP contribution in [-0.2, 0) is 9.47 Å². The Hall–Kier alpha value is -0.0800. The number of hydrogen-bond acceptors (Lipinski definition) is 2. The minimum Gasteiger partial charge on any atom is -0.353 e. The fraction of sp³-hybridized carbons (Fsp3) is 1.00. The highest BCUT2D eigenvalue weighted by molar-refractivity contribution is 4.40. The zero-order chi connectivity index (χ0) is 8.69. The minimum absolute atomic E-state index is 0.0441. The standard InChI is InChI=1S/C9H20O2/c1-5-6-10-9(4)11-7-8(2)3/h8-9H,5-7H2,1-4H3. The summed E-state index contributed by atoms with van der Waals surface area (Å²) in [5, 5.41) is 0. The Kier molecular flexibility index (Phi) is 6.57. The van der Waals surface area contributed by atoms with Crippen LogP contribution in [0.4, 0.5) is 0 Å². The second-order valence-corrected chi connectivity index (χ2v) is 3.17. The highest BCUT2D eigenvalue weighted by Gasteiger charge is 2.01. The molecule has 0 saturated heterocycles. The molecular weight excluding hydrogens is 140 g/mol. The van der Waals surface area contributed by atoms with Gasteiger partial charge in [0.25, 0.3) is 0 Å². The maximum absolute atomic E-state index is 5.38. The molecule has 0 fully saturated rings. The molecule has 2 heteroatoms. The van der Waals surface area contributed by atoms with E-state index in [1.54, 1.807) is 0 Å². The zero-order valence-corrected chi connectivity index (χ0v) is 8.09. The third-order valence-electron chi connectivity index (χ3n) is 1.22. The quantitative estimate of drug-likeness (QED) is 0.556. The molecule has 11 heavy (non-hydrogen) atoms. The van der Waals surface area contributed by atoms with E-state index >= 15 is 0 Å². The lowest BCUT2D eigenvalue weighted by molar-refractivity contribution is -0.136. The lowest BCUT2D eigenvalue weighted by Crippen LogP contribution is -2.16. The summed E-state index contributed by atoms with van der Waals surface area (Å²) in [6.45, 7) is 9.87. The van der Waals surface area contributed by atoms with Crippen LogP contribution in [0.25, 0.3) is 0 Å². The summed E-state index contributed by atoms with van der Waals surface area (Å²) in [7, 11) is 0. The third kappa shape index (κ3) is 7.82. The van der Waals surface area contributed by atoms with Crippen LogP contribution >= 0.6 is 0 Å². The van der Waals surface area contributed by atoms with E-state index in [0.29, 0.717) is 5.92 Å². The smallest absolute Gasteiger partial charge is 0.154 e. The van der Waals surface area contributed by atoms with Gasteiger partial charge in [-0.2, -0.15) is 0 Å². The Labute approximate surface area is 69.9 Å². The molecule has 0 bridgehead atoms. The summed E-state index contributed by atoms with van der Waals surface area (Å²) < 4.78 is 10.7. The molecule has 0 amide bonds. The number of rotatable bonds is 6. The molecule has 0 rings (SSSR count). The molecule has 0 aliphatic rings. The fourth-order valence-corrected chi connectivity index (χ4v) is 0.660. The Morgan fingerprint density at radius 2 is 1.73 bits per heavy atom. The van der Waals surface area contributed by atoms with Crippen LogP contribution in [0, 0.1) is 5.92 Å². The molecule has 0 heterocycles. The van der Waals surface area contributed by atoms with Gasteiger partial charge in [-0.25, -0.2) is 0 Å². The van der Waals surface area contributed by atoms with Gasteiger partial charge in [0, 0.05) is 6.61 Å². The van der Waals surface area contributed by atoms with Gasteiger partial charge in [0.05, 0.1) is 6.61 Å². The van der Waals surface area contributed by atoms with E-state index in [4.69, 9.17) is 9.47 Å². The van der Waals surface area contributed by atoms with Gasteiger partial charge in [0.1, 0.15) is 0 Å². The first-order chi connectivity index (χ1) is 5.16. The van der Waals surface area contributed by atoms with Crippen molar-refractivity contribution in [1.82, 2.24) is 0 Å². The van der Waals surface area contributed by atoms with Gasteiger partial charge in [-0.1, -0.05) is 20.8 Å². The molecule has 2 nitrogen and oxygen atoms in total. The maximum atomic E-state index is 5.38. The van der Waals surface area contributed by atoms with Crippen LogP contribution in [0.1, 0.15) is 34.1 Å². The predicted molar refractivity (Wildman–Crippen MR) is 46.5 cm³/mol. The van der Waals surface area contributed by atoms with Crippen molar-refractivity contribution < 1.29 is 9.47 Å².